The highest BCUT2D eigenvalue weighted by Crippen LogP contribution is 2.12. The van der Waals surface area contributed by atoms with Crippen LogP contribution < -0.4 is 15.4 Å². The number of hydrogen-bond donors (Lipinski definition) is 2. The lowest BCUT2D eigenvalue weighted by Gasteiger charge is -2.22. The van der Waals surface area contributed by atoms with Crippen molar-refractivity contribution in [2.75, 3.05) is 20.2 Å². The summed E-state index contributed by atoms with van der Waals surface area (Å²) in [6, 6.07) is 7.95. The number of ether oxygens (including phenoxy) is 1. The first-order chi connectivity index (χ1) is 9.29. The largest absolute Gasteiger partial charge is 0.497 e. The van der Waals surface area contributed by atoms with E-state index in [1.165, 1.54) is 12.0 Å². The minimum Gasteiger partial charge on any atom is -0.497 e. The van der Waals surface area contributed by atoms with E-state index in [0.717, 1.165) is 31.6 Å². The Kier molecular flexibility index (Phi) is 7.41. The van der Waals surface area contributed by atoms with Gasteiger partial charge in [-0.25, -0.2) is 0 Å². The lowest BCUT2D eigenvalue weighted by atomic mass is 10.0. The van der Waals surface area contributed by atoms with E-state index in [1.807, 2.05) is 24.3 Å². The van der Waals surface area contributed by atoms with E-state index in [9.17, 15) is 4.79 Å². The molecule has 1 unspecified atom stereocenters. The third-order valence-electron chi connectivity index (χ3n) is 3.47. The molecule has 0 bridgehead atoms. The lowest BCUT2D eigenvalue weighted by Crippen LogP contribution is -2.47. The van der Waals surface area contributed by atoms with Crippen LogP contribution in [0.4, 0.5) is 0 Å². The molecule has 1 aromatic rings. The molecule has 1 amide bonds. The molecule has 1 heterocycles. The Morgan fingerprint density at radius 1 is 1.45 bits per heavy atom. The maximum absolute atomic E-state index is 11.9. The third-order valence-corrected chi connectivity index (χ3v) is 3.47. The molecule has 112 valence electrons. The molecule has 2 rings (SSSR count). The van der Waals surface area contributed by atoms with Gasteiger partial charge in [-0.1, -0.05) is 18.6 Å². The Bertz CT molecular complexity index is 420. The highest BCUT2D eigenvalue weighted by atomic mass is 35.5. The number of rotatable bonds is 5. The van der Waals surface area contributed by atoms with Crippen LogP contribution in [0.1, 0.15) is 24.8 Å². The first kappa shape index (κ1) is 16.8. The fourth-order valence-electron chi connectivity index (χ4n) is 2.36. The Balaban J connectivity index is 0.00000200. The smallest absolute Gasteiger partial charge is 0.237 e. The van der Waals surface area contributed by atoms with Crippen molar-refractivity contribution in [1.82, 2.24) is 10.6 Å². The van der Waals surface area contributed by atoms with Crippen molar-refractivity contribution in [2.24, 2.45) is 0 Å². The molecule has 0 radical (unpaired) electrons. The van der Waals surface area contributed by atoms with E-state index in [4.69, 9.17) is 4.74 Å². The fraction of sp³-hybridized carbons (Fsp3) is 0.533. The summed E-state index contributed by atoms with van der Waals surface area (Å²) in [4.78, 5) is 11.9. The van der Waals surface area contributed by atoms with Crippen LogP contribution in [-0.4, -0.2) is 32.1 Å². The van der Waals surface area contributed by atoms with Crippen LogP contribution in [0.2, 0.25) is 0 Å². The Morgan fingerprint density at radius 3 is 3.00 bits per heavy atom. The zero-order valence-corrected chi connectivity index (χ0v) is 12.7. The quantitative estimate of drug-likeness (QED) is 0.873. The van der Waals surface area contributed by atoms with Gasteiger partial charge in [0.15, 0.2) is 0 Å². The van der Waals surface area contributed by atoms with Crippen LogP contribution in [0.15, 0.2) is 24.3 Å². The van der Waals surface area contributed by atoms with Gasteiger partial charge in [-0.05, 0) is 43.5 Å². The molecule has 0 aromatic heterocycles. The van der Waals surface area contributed by atoms with Gasteiger partial charge < -0.3 is 15.4 Å². The Morgan fingerprint density at radius 2 is 2.30 bits per heavy atom. The molecule has 2 N–H and O–H groups in total. The minimum absolute atomic E-state index is 0. The van der Waals surface area contributed by atoms with Crippen LogP contribution in [0, 0.1) is 0 Å². The van der Waals surface area contributed by atoms with E-state index in [0.29, 0.717) is 6.54 Å². The average Bonchev–Trinajstić information content (AvgIpc) is 2.48. The Hall–Kier alpha value is -1.26. The minimum atomic E-state index is -0.000871. The van der Waals surface area contributed by atoms with Gasteiger partial charge in [0.2, 0.25) is 5.91 Å². The van der Waals surface area contributed by atoms with Crippen LogP contribution in [-0.2, 0) is 11.2 Å². The molecular weight excluding hydrogens is 276 g/mol. The number of halogens is 1. The van der Waals surface area contributed by atoms with Crippen LogP contribution in [0.5, 0.6) is 5.75 Å². The molecule has 1 aliphatic rings. The fourth-order valence-corrected chi connectivity index (χ4v) is 2.36. The molecule has 1 saturated heterocycles. The van der Waals surface area contributed by atoms with Crippen LogP contribution in [0.25, 0.3) is 0 Å². The third kappa shape index (κ3) is 5.02. The van der Waals surface area contributed by atoms with E-state index in [1.54, 1.807) is 7.11 Å². The lowest BCUT2D eigenvalue weighted by molar-refractivity contribution is -0.123. The number of benzene rings is 1. The predicted molar refractivity (Wildman–Crippen MR) is 82.6 cm³/mol. The van der Waals surface area contributed by atoms with Gasteiger partial charge in [-0.3, -0.25) is 4.79 Å². The zero-order chi connectivity index (χ0) is 13.5. The SMILES string of the molecule is COc1cccc(CCNC(=O)C2CCCCN2)c1.Cl. The number of hydrogen-bond acceptors (Lipinski definition) is 3. The highest BCUT2D eigenvalue weighted by molar-refractivity contribution is 5.85. The van der Waals surface area contributed by atoms with Crippen molar-refractivity contribution in [3.8, 4) is 5.75 Å². The molecule has 5 heteroatoms. The second-order valence-electron chi connectivity index (χ2n) is 4.90. The van der Waals surface area contributed by atoms with Crippen molar-refractivity contribution in [3.63, 3.8) is 0 Å². The number of carbonyl (C=O) groups excluding carboxylic acids is 1. The first-order valence-corrected chi connectivity index (χ1v) is 6.93. The van der Waals surface area contributed by atoms with E-state index < -0.39 is 0 Å². The van der Waals surface area contributed by atoms with Gasteiger partial charge in [0.05, 0.1) is 13.2 Å². The van der Waals surface area contributed by atoms with E-state index in [-0.39, 0.29) is 24.4 Å². The van der Waals surface area contributed by atoms with Crippen molar-refractivity contribution in [3.05, 3.63) is 29.8 Å². The summed E-state index contributed by atoms with van der Waals surface area (Å²) < 4.78 is 5.18. The molecule has 0 spiro atoms. The summed E-state index contributed by atoms with van der Waals surface area (Å²) >= 11 is 0. The molecule has 4 nitrogen and oxygen atoms in total. The monoisotopic (exact) mass is 298 g/mol. The molecule has 1 aliphatic heterocycles. The molecule has 1 aromatic carbocycles. The molecule has 0 aliphatic carbocycles. The van der Waals surface area contributed by atoms with Gasteiger partial charge in [0, 0.05) is 6.54 Å². The molecule has 1 atom stereocenters. The standard InChI is InChI=1S/C15H22N2O2.ClH/c1-19-13-6-4-5-12(11-13)8-10-17-15(18)14-7-2-3-9-16-14;/h4-6,11,14,16H,2-3,7-10H2,1H3,(H,17,18);1H. The number of methoxy groups -OCH3 is 1. The summed E-state index contributed by atoms with van der Waals surface area (Å²) in [7, 11) is 1.66. The zero-order valence-electron chi connectivity index (χ0n) is 11.9. The summed E-state index contributed by atoms with van der Waals surface area (Å²) in [5.41, 5.74) is 1.18. The van der Waals surface area contributed by atoms with Crippen LogP contribution >= 0.6 is 12.4 Å². The number of carbonyl (C=O) groups is 1. The number of nitrogens with one attached hydrogen (secondary N) is 2. The molecular formula is C15H23ClN2O2. The maximum Gasteiger partial charge on any atom is 0.237 e. The average molecular weight is 299 g/mol. The maximum atomic E-state index is 11.9. The van der Waals surface area contributed by atoms with Crippen LogP contribution in [0.3, 0.4) is 0 Å². The van der Waals surface area contributed by atoms with Crippen molar-refractivity contribution in [2.45, 2.75) is 31.7 Å². The summed E-state index contributed by atoms with van der Waals surface area (Å²) in [6.45, 7) is 1.62. The predicted octanol–water partition coefficient (Wildman–Crippen LogP) is 1.92. The molecule has 20 heavy (non-hydrogen) atoms. The van der Waals surface area contributed by atoms with Gasteiger partial charge in [-0.2, -0.15) is 0 Å². The molecule has 1 fully saturated rings. The van der Waals surface area contributed by atoms with Crippen molar-refractivity contribution >= 4 is 18.3 Å². The second kappa shape index (κ2) is 8.82. The van der Waals surface area contributed by atoms with Gasteiger partial charge in [0.25, 0.3) is 0 Å². The summed E-state index contributed by atoms with van der Waals surface area (Å²) in [5.74, 6) is 0.986. The van der Waals surface area contributed by atoms with Gasteiger partial charge in [0.1, 0.15) is 5.75 Å². The highest BCUT2D eigenvalue weighted by Gasteiger charge is 2.19. The summed E-state index contributed by atoms with van der Waals surface area (Å²) in [5, 5.41) is 6.25. The first-order valence-electron chi connectivity index (χ1n) is 6.93. The van der Waals surface area contributed by atoms with Crippen molar-refractivity contribution < 1.29 is 9.53 Å². The number of amides is 1. The Labute approximate surface area is 126 Å². The van der Waals surface area contributed by atoms with Gasteiger partial charge in [-0.15, -0.1) is 12.4 Å². The summed E-state index contributed by atoms with van der Waals surface area (Å²) in [6.07, 6.45) is 4.09. The topological polar surface area (TPSA) is 50.4 Å². The van der Waals surface area contributed by atoms with Crippen molar-refractivity contribution in [1.29, 1.82) is 0 Å². The normalized spacial score (nSPS) is 17.9. The van der Waals surface area contributed by atoms with E-state index in [2.05, 4.69) is 10.6 Å². The second-order valence-corrected chi connectivity index (χ2v) is 4.90. The molecule has 0 saturated carbocycles. The number of piperidine rings is 1. The van der Waals surface area contributed by atoms with E-state index >= 15 is 0 Å². The van der Waals surface area contributed by atoms with Gasteiger partial charge >= 0.3 is 0 Å².